The summed E-state index contributed by atoms with van der Waals surface area (Å²) < 4.78 is 16.7. The Bertz CT molecular complexity index is 686. The van der Waals surface area contributed by atoms with Crippen LogP contribution < -0.4 is 11.2 Å². The third kappa shape index (κ3) is 3.29. The molecule has 10 heteroatoms. The molecule has 1 aliphatic heterocycles. The van der Waals surface area contributed by atoms with Crippen molar-refractivity contribution in [1.29, 1.82) is 0 Å². The molecule has 1 aromatic heterocycles. The van der Waals surface area contributed by atoms with Crippen LogP contribution in [0.15, 0.2) is 15.8 Å². The van der Waals surface area contributed by atoms with Gasteiger partial charge in [-0.05, 0) is 13.8 Å². The second-order valence-corrected chi connectivity index (χ2v) is 5.77. The summed E-state index contributed by atoms with van der Waals surface area (Å²) in [4.78, 5) is 25.7. The van der Waals surface area contributed by atoms with E-state index < -0.39 is 48.2 Å². The number of aryl methyl sites for hydroxylation is 1. The molecule has 24 heavy (non-hydrogen) atoms. The number of hydrogen-bond acceptors (Lipinski definition) is 8. The molecule has 0 spiro atoms. The molecule has 0 bridgehead atoms. The third-order valence-corrected chi connectivity index (χ3v) is 3.80. The van der Waals surface area contributed by atoms with Crippen LogP contribution in [0.25, 0.3) is 0 Å². The second-order valence-electron chi connectivity index (χ2n) is 5.77. The first-order valence-electron chi connectivity index (χ1n) is 7.40. The molecule has 5 atom stereocenters. The van der Waals surface area contributed by atoms with E-state index in [0.29, 0.717) is 0 Å². The molecule has 136 valence electrons. The number of aromatic nitrogens is 2. The number of methoxy groups -OCH3 is 1. The minimum Gasteiger partial charge on any atom is -0.394 e. The zero-order valence-corrected chi connectivity index (χ0v) is 13.6. The van der Waals surface area contributed by atoms with Crippen LogP contribution in [0.3, 0.4) is 0 Å². The van der Waals surface area contributed by atoms with Crippen LogP contribution in [-0.4, -0.2) is 69.3 Å². The van der Waals surface area contributed by atoms with Crippen molar-refractivity contribution >= 4 is 0 Å². The highest BCUT2D eigenvalue weighted by Gasteiger charge is 2.58. The van der Waals surface area contributed by atoms with Crippen molar-refractivity contribution < 1.29 is 29.5 Å². The second kappa shape index (κ2) is 7.13. The standard InChI is InChI=1S/C14H22N2O8/c1-7-4-16(13(20)15-11(7)19)12-14(21,24-8(2)6-22-3)10(18)9(5-17)23-12/h4,8-10,12,17-18,21H,5-6H2,1-3H3,(H,15,19,20)/t8-,9-,10-,12-,14+/m1/s1. The number of H-pyrrole nitrogens is 1. The van der Waals surface area contributed by atoms with Crippen LogP contribution >= 0.6 is 0 Å². The monoisotopic (exact) mass is 346 g/mol. The molecule has 4 N–H and O–H groups in total. The summed E-state index contributed by atoms with van der Waals surface area (Å²) in [5.41, 5.74) is -1.22. The summed E-state index contributed by atoms with van der Waals surface area (Å²) in [6.45, 7) is 2.58. The number of nitrogens with zero attached hydrogens (tertiary/aromatic N) is 1. The summed E-state index contributed by atoms with van der Waals surface area (Å²) in [5.74, 6) is -2.32. The van der Waals surface area contributed by atoms with Gasteiger partial charge in [0.05, 0.1) is 19.3 Å². The molecule has 0 aliphatic carbocycles. The molecule has 0 saturated carbocycles. The predicted octanol–water partition coefficient (Wildman–Crippen LogP) is -2.16. The molecule has 2 rings (SSSR count). The quantitative estimate of drug-likeness (QED) is 0.426. The minimum absolute atomic E-state index is 0.116. The first-order valence-corrected chi connectivity index (χ1v) is 7.40. The maximum atomic E-state index is 12.1. The number of ether oxygens (including phenoxy) is 3. The number of aliphatic hydroxyl groups is 3. The van der Waals surface area contributed by atoms with Gasteiger partial charge in [0.25, 0.3) is 5.56 Å². The molecule has 1 aromatic rings. The van der Waals surface area contributed by atoms with E-state index in [1.807, 2.05) is 0 Å². The molecule has 10 nitrogen and oxygen atoms in total. The highest BCUT2D eigenvalue weighted by atomic mass is 16.7. The van der Waals surface area contributed by atoms with Crippen molar-refractivity contribution in [1.82, 2.24) is 9.55 Å². The van der Waals surface area contributed by atoms with E-state index in [1.54, 1.807) is 6.92 Å². The molecule has 1 saturated heterocycles. The van der Waals surface area contributed by atoms with Crippen molar-refractivity contribution in [3.05, 3.63) is 32.6 Å². The van der Waals surface area contributed by atoms with E-state index in [4.69, 9.17) is 14.2 Å². The lowest BCUT2D eigenvalue weighted by Crippen LogP contribution is -2.53. The van der Waals surface area contributed by atoms with Gasteiger partial charge < -0.3 is 29.5 Å². The minimum atomic E-state index is -2.32. The van der Waals surface area contributed by atoms with Gasteiger partial charge in [0.1, 0.15) is 12.2 Å². The Morgan fingerprint density at radius 3 is 2.75 bits per heavy atom. The van der Waals surface area contributed by atoms with Crippen molar-refractivity contribution in [3.63, 3.8) is 0 Å². The summed E-state index contributed by atoms with van der Waals surface area (Å²) in [7, 11) is 1.44. The summed E-state index contributed by atoms with van der Waals surface area (Å²) >= 11 is 0. The molecule has 1 fully saturated rings. The summed E-state index contributed by atoms with van der Waals surface area (Å²) in [6.07, 6.45) is -3.71. The van der Waals surface area contributed by atoms with Crippen LogP contribution in [-0.2, 0) is 14.2 Å². The molecule has 0 amide bonds. The van der Waals surface area contributed by atoms with Gasteiger partial charge in [-0.25, -0.2) is 4.79 Å². The van der Waals surface area contributed by atoms with Gasteiger partial charge in [-0.1, -0.05) is 0 Å². The van der Waals surface area contributed by atoms with Gasteiger partial charge in [0, 0.05) is 18.9 Å². The number of hydrogen-bond donors (Lipinski definition) is 4. The van der Waals surface area contributed by atoms with Gasteiger partial charge in [-0.15, -0.1) is 0 Å². The lowest BCUT2D eigenvalue weighted by molar-refractivity contribution is -0.298. The van der Waals surface area contributed by atoms with Crippen LogP contribution in [0, 0.1) is 6.92 Å². The first-order chi connectivity index (χ1) is 11.2. The molecule has 2 heterocycles. The van der Waals surface area contributed by atoms with Crippen LogP contribution in [0.1, 0.15) is 18.7 Å². The van der Waals surface area contributed by atoms with Gasteiger partial charge in [-0.2, -0.15) is 0 Å². The number of rotatable bonds is 6. The van der Waals surface area contributed by atoms with E-state index in [9.17, 15) is 24.9 Å². The third-order valence-electron chi connectivity index (χ3n) is 3.80. The number of nitrogens with one attached hydrogen (secondary N) is 1. The molecular weight excluding hydrogens is 324 g/mol. The molecule has 0 radical (unpaired) electrons. The maximum Gasteiger partial charge on any atom is 0.330 e. The Morgan fingerprint density at radius 1 is 1.50 bits per heavy atom. The Kier molecular flexibility index (Phi) is 5.58. The highest BCUT2D eigenvalue weighted by molar-refractivity contribution is 5.05. The Labute approximate surface area is 137 Å². The Balaban J connectivity index is 2.47. The van der Waals surface area contributed by atoms with E-state index in [0.717, 1.165) is 4.57 Å². The van der Waals surface area contributed by atoms with Crippen molar-refractivity contribution in [2.45, 2.75) is 44.2 Å². The summed E-state index contributed by atoms with van der Waals surface area (Å²) in [5, 5.41) is 30.4. The van der Waals surface area contributed by atoms with Crippen molar-refractivity contribution in [2.24, 2.45) is 0 Å². The average molecular weight is 346 g/mol. The number of aliphatic hydroxyl groups excluding tert-OH is 2. The predicted molar refractivity (Wildman–Crippen MR) is 80.4 cm³/mol. The van der Waals surface area contributed by atoms with E-state index >= 15 is 0 Å². The fourth-order valence-corrected chi connectivity index (χ4v) is 2.64. The van der Waals surface area contributed by atoms with Crippen molar-refractivity contribution in [3.8, 4) is 0 Å². The van der Waals surface area contributed by atoms with Gasteiger partial charge in [0.2, 0.25) is 5.79 Å². The van der Waals surface area contributed by atoms with E-state index in [-0.39, 0.29) is 12.2 Å². The Morgan fingerprint density at radius 2 is 2.17 bits per heavy atom. The van der Waals surface area contributed by atoms with Crippen LogP contribution in [0.4, 0.5) is 0 Å². The highest BCUT2D eigenvalue weighted by Crippen LogP contribution is 2.39. The average Bonchev–Trinajstić information content (AvgIpc) is 2.75. The van der Waals surface area contributed by atoms with E-state index in [2.05, 4.69) is 4.98 Å². The molecular formula is C14H22N2O8. The zero-order chi connectivity index (χ0) is 18.1. The van der Waals surface area contributed by atoms with E-state index in [1.165, 1.54) is 20.2 Å². The van der Waals surface area contributed by atoms with Gasteiger partial charge in [-0.3, -0.25) is 14.3 Å². The normalized spacial score (nSPS) is 31.3. The van der Waals surface area contributed by atoms with Crippen molar-refractivity contribution in [2.75, 3.05) is 20.3 Å². The lowest BCUT2D eigenvalue weighted by Gasteiger charge is -2.34. The topological polar surface area (TPSA) is 143 Å². The fourth-order valence-electron chi connectivity index (χ4n) is 2.64. The number of aromatic amines is 1. The van der Waals surface area contributed by atoms with Gasteiger partial charge in [0.15, 0.2) is 6.23 Å². The molecule has 0 unspecified atom stereocenters. The lowest BCUT2D eigenvalue weighted by atomic mass is 10.1. The fraction of sp³-hybridized carbons (Fsp3) is 0.714. The smallest absolute Gasteiger partial charge is 0.330 e. The summed E-state index contributed by atoms with van der Waals surface area (Å²) in [6, 6.07) is 0. The van der Waals surface area contributed by atoms with Gasteiger partial charge >= 0.3 is 5.69 Å². The van der Waals surface area contributed by atoms with Crippen LogP contribution in [0.5, 0.6) is 0 Å². The SMILES string of the molecule is COC[C@@H](C)O[C@@]1(O)[C@H](O)[C@@H](CO)O[C@H]1n1cc(C)c(=O)[nH]c1=O. The first kappa shape index (κ1) is 18.8. The largest absolute Gasteiger partial charge is 0.394 e. The zero-order valence-electron chi connectivity index (χ0n) is 13.6. The molecule has 1 aliphatic rings. The maximum absolute atomic E-state index is 12.1. The Hall–Kier alpha value is -1.56. The molecule has 0 aromatic carbocycles. The van der Waals surface area contributed by atoms with Crippen LogP contribution in [0.2, 0.25) is 0 Å².